The van der Waals surface area contributed by atoms with Crippen molar-refractivity contribution in [2.45, 2.75) is 11.4 Å². The molecule has 2 atom stereocenters. The van der Waals surface area contributed by atoms with E-state index in [4.69, 9.17) is 10.8 Å². The van der Waals surface area contributed by atoms with Crippen LogP contribution in [0.3, 0.4) is 0 Å². The summed E-state index contributed by atoms with van der Waals surface area (Å²) in [5.74, 6) is -1.42. The average molecular weight is 228 g/mol. The fraction of sp³-hybridized carbons (Fsp3) is 0.375. The topological polar surface area (TPSA) is 101 Å². The van der Waals surface area contributed by atoms with Gasteiger partial charge in [0, 0.05) is 11.3 Å². The number of carbonyl (C=O) groups is 3. The highest BCUT2D eigenvalue weighted by atomic mass is 32.2. The lowest BCUT2D eigenvalue weighted by Gasteiger charge is -2.47. The van der Waals surface area contributed by atoms with Gasteiger partial charge in [0.05, 0.1) is 0 Å². The summed E-state index contributed by atoms with van der Waals surface area (Å²) in [5, 5.41) is 8.56. The summed E-state index contributed by atoms with van der Waals surface area (Å²) in [6, 6.07) is -0.655. The minimum Gasteiger partial charge on any atom is -0.477 e. The molecule has 1 amide bonds. The largest absolute Gasteiger partial charge is 0.477 e. The molecular weight excluding hydrogens is 220 g/mol. The number of aliphatic carboxylic acids is 1. The number of nitrogens with zero attached hydrogens (tertiary/aromatic N) is 1. The van der Waals surface area contributed by atoms with E-state index in [1.54, 1.807) is 0 Å². The second-order valence-corrected chi connectivity index (χ2v) is 4.34. The zero-order valence-corrected chi connectivity index (χ0v) is 8.36. The number of fused-ring (bicyclic) bond motifs is 1. The van der Waals surface area contributed by atoms with Crippen molar-refractivity contribution in [3.63, 3.8) is 0 Å². The van der Waals surface area contributed by atoms with Gasteiger partial charge in [-0.2, -0.15) is 0 Å². The Morgan fingerprint density at radius 1 is 1.67 bits per heavy atom. The van der Waals surface area contributed by atoms with E-state index < -0.39 is 17.9 Å². The van der Waals surface area contributed by atoms with Gasteiger partial charge >= 0.3 is 5.97 Å². The lowest BCUT2D eigenvalue weighted by atomic mass is 10.0. The van der Waals surface area contributed by atoms with E-state index in [9.17, 15) is 14.4 Å². The fourth-order valence-electron chi connectivity index (χ4n) is 1.63. The van der Waals surface area contributed by atoms with Crippen LogP contribution < -0.4 is 5.73 Å². The van der Waals surface area contributed by atoms with Crippen LogP contribution in [0.5, 0.6) is 0 Å². The number of hydrogen-bond acceptors (Lipinski definition) is 5. The SMILES string of the molecule is NC1C(=O)N2C(C(=O)O)=C(C=O)CS[C@@H]12. The molecule has 1 unspecified atom stereocenters. The first-order chi connectivity index (χ1) is 7.07. The number of carboxylic acid groups (broad SMARTS) is 1. The third kappa shape index (κ3) is 1.27. The standard InChI is InChI=1S/C8H8N2O4S/c9-4-6(12)10-5(8(13)14)3(1-11)2-15-7(4)10/h1,4,7H,2,9H2,(H,13,14)/t4?,7-/m0/s1. The summed E-state index contributed by atoms with van der Waals surface area (Å²) in [6.45, 7) is 0. The van der Waals surface area contributed by atoms with Crippen LogP contribution in [-0.2, 0) is 14.4 Å². The molecule has 1 fully saturated rings. The molecule has 0 aliphatic carbocycles. The van der Waals surface area contributed by atoms with Crippen LogP contribution in [0.25, 0.3) is 0 Å². The highest BCUT2D eigenvalue weighted by molar-refractivity contribution is 8.00. The molecule has 0 aromatic rings. The van der Waals surface area contributed by atoms with Crippen molar-refractivity contribution in [2.75, 3.05) is 5.75 Å². The van der Waals surface area contributed by atoms with Crippen molar-refractivity contribution in [2.24, 2.45) is 5.73 Å². The number of amides is 1. The molecular formula is C8H8N2O4S. The number of β-lactam (4-membered cyclic amide) rings is 1. The third-order valence-corrected chi connectivity index (χ3v) is 3.71. The normalized spacial score (nSPS) is 29.7. The van der Waals surface area contributed by atoms with Gasteiger partial charge in [-0.3, -0.25) is 14.5 Å². The molecule has 2 rings (SSSR count). The van der Waals surface area contributed by atoms with Gasteiger partial charge in [-0.15, -0.1) is 11.8 Å². The van der Waals surface area contributed by atoms with Crippen LogP contribution in [0.1, 0.15) is 0 Å². The molecule has 0 saturated carbocycles. The van der Waals surface area contributed by atoms with Gasteiger partial charge in [0.2, 0.25) is 5.91 Å². The Morgan fingerprint density at radius 2 is 2.33 bits per heavy atom. The van der Waals surface area contributed by atoms with Crippen LogP contribution in [0, 0.1) is 0 Å². The molecule has 0 aromatic heterocycles. The maximum atomic E-state index is 11.3. The molecule has 2 aliphatic rings. The maximum Gasteiger partial charge on any atom is 0.353 e. The quantitative estimate of drug-likeness (QED) is 0.453. The highest BCUT2D eigenvalue weighted by Gasteiger charge is 2.51. The minimum absolute atomic E-state index is 0.129. The van der Waals surface area contributed by atoms with E-state index >= 15 is 0 Å². The first-order valence-electron chi connectivity index (χ1n) is 4.19. The number of carboxylic acids is 1. The maximum absolute atomic E-state index is 11.3. The summed E-state index contributed by atoms with van der Waals surface area (Å²) in [4.78, 5) is 34.0. The lowest BCUT2D eigenvalue weighted by Crippen LogP contribution is -2.68. The van der Waals surface area contributed by atoms with Crippen molar-refractivity contribution in [1.82, 2.24) is 4.90 Å². The second kappa shape index (κ2) is 3.35. The van der Waals surface area contributed by atoms with Crippen molar-refractivity contribution in [1.29, 1.82) is 0 Å². The molecule has 3 N–H and O–H groups in total. The van der Waals surface area contributed by atoms with E-state index in [1.807, 2.05) is 0 Å². The predicted molar refractivity (Wildman–Crippen MR) is 51.8 cm³/mol. The Labute approximate surface area is 89.1 Å². The second-order valence-electron chi connectivity index (χ2n) is 3.23. The molecule has 0 bridgehead atoms. The Morgan fingerprint density at radius 3 is 2.87 bits per heavy atom. The van der Waals surface area contributed by atoms with Gasteiger partial charge in [0.1, 0.15) is 23.4 Å². The molecule has 0 radical (unpaired) electrons. The fourth-order valence-corrected chi connectivity index (χ4v) is 2.87. The summed E-state index contributed by atoms with van der Waals surface area (Å²) >= 11 is 1.31. The summed E-state index contributed by atoms with van der Waals surface area (Å²) in [7, 11) is 0. The molecule has 2 heterocycles. The Hall–Kier alpha value is -1.34. The summed E-state index contributed by atoms with van der Waals surface area (Å²) in [6.07, 6.45) is 0.476. The minimum atomic E-state index is -1.26. The van der Waals surface area contributed by atoms with Crippen LogP contribution in [0.15, 0.2) is 11.3 Å². The van der Waals surface area contributed by atoms with Gasteiger partial charge in [0.25, 0.3) is 0 Å². The zero-order chi connectivity index (χ0) is 11.2. The number of aldehydes is 1. The van der Waals surface area contributed by atoms with Crippen LogP contribution in [0.2, 0.25) is 0 Å². The van der Waals surface area contributed by atoms with Crippen molar-refractivity contribution in [3.05, 3.63) is 11.3 Å². The molecule has 0 aromatic carbocycles. The van der Waals surface area contributed by atoms with Crippen LogP contribution in [0.4, 0.5) is 0 Å². The van der Waals surface area contributed by atoms with Gasteiger partial charge < -0.3 is 10.8 Å². The van der Waals surface area contributed by atoms with E-state index in [1.165, 1.54) is 11.8 Å². The van der Waals surface area contributed by atoms with Gasteiger partial charge in [0.15, 0.2) is 0 Å². The molecule has 2 aliphatic heterocycles. The van der Waals surface area contributed by atoms with E-state index in [0.717, 1.165) is 4.90 Å². The highest BCUT2D eigenvalue weighted by Crippen LogP contribution is 2.38. The molecule has 6 nitrogen and oxygen atoms in total. The Bertz CT molecular complexity index is 392. The number of hydrogen-bond donors (Lipinski definition) is 2. The Balaban J connectivity index is 2.42. The number of nitrogens with two attached hydrogens (primary N) is 1. The molecule has 7 heteroatoms. The predicted octanol–water partition coefficient (Wildman–Crippen LogP) is -1.23. The van der Waals surface area contributed by atoms with Crippen LogP contribution >= 0.6 is 11.8 Å². The number of thioether (sulfide) groups is 1. The number of carbonyl (C=O) groups excluding carboxylic acids is 2. The lowest BCUT2D eigenvalue weighted by molar-refractivity contribution is -0.148. The van der Waals surface area contributed by atoms with E-state index in [2.05, 4.69) is 0 Å². The van der Waals surface area contributed by atoms with E-state index in [-0.39, 0.29) is 22.4 Å². The van der Waals surface area contributed by atoms with Crippen molar-refractivity contribution >= 4 is 29.9 Å². The monoisotopic (exact) mass is 228 g/mol. The first-order valence-corrected chi connectivity index (χ1v) is 5.24. The van der Waals surface area contributed by atoms with Crippen molar-refractivity contribution in [3.8, 4) is 0 Å². The summed E-state index contributed by atoms with van der Waals surface area (Å²) in [5.41, 5.74) is 5.42. The average Bonchev–Trinajstić information content (AvgIpc) is 2.25. The molecule has 15 heavy (non-hydrogen) atoms. The van der Waals surface area contributed by atoms with Crippen molar-refractivity contribution < 1.29 is 19.5 Å². The van der Waals surface area contributed by atoms with Gasteiger partial charge in [-0.05, 0) is 0 Å². The molecule has 0 spiro atoms. The van der Waals surface area contributed by atoms with Gasteiger partial charge in [-0.25, -0.2) is 4.79 Å². The third-order valence-electron chi connectivity index (χ3n) is 2.38. The summed E-state index contributed by atoms with van der Waals surface area (Å²) < 4.78 is 0. The smallest absolute Gasteiger partial charge is 0.353 e. The Kier molecular flexibility index (Phi) is 2.28. The number of rotatable bonds is 2. The molecule has 80 valence electrons. The first kappa shape index (κ1) is 10.2. The zero-order valence-electron chi connectivity index (χ0n) is 7.54. The molecule has 1 saturated heterocycles. The van der Waals surface area contributed by atoms with E-state index in [0.29, 0.717) is 6.29 Å². The van der Waals surface area contributed by atoms with Gasteiger partial charge in [-0.1, -0.05) is 0 Å². The van der Waals surface area contributed by atoms with Crippen LogP contribution in [-0.4, -0.2) is 45.3 Å².